The Bertz CT molecular complexity index is 939. The van der Waals surface area contributed by atoms with E-state index in [1.165, 1.54) is 10.4 Å². The molecule has 0 aliphatic rings. The van der Waals surface area contributed by atoms with Crippen molar-refractivity contribution < 1.29 is 8.63 Å². The van der Waals surface area contributed by atoms with Gasteiger partial charge < -0.3 is 4.43 Å². The maximum atomic E-state index is 13.0. The van der Waals surface area contributed by atoms with E-state index in [1.54, 1.807) is 0 Å². The van der Waals surface area contributed by atoms with Crippen LogP contribution in [0.5, 0.6) is 0 Å². The summed E-state index contributed by atoms with van der Waals surface area (Å²) < 4.78 is 22.9. The van der Waals surface area contributed by atoms with Gasteiger partial charge in [-0.2, -0.15) is 0 Å². The standard InChI is InChI=1S/C27H41NO2SSi2/c1-26(2,3)31(29)28-23(20-21-32(7,8)9)22-30-33(27(4,5)6,24-16-12-10-13-17-24)25-18-14-11-15-19-25/h10-19,23,28H,22H2,1-9H3/t23-,31+/m0/s1. The fraction of sp³-hybridized carbons (Fsp3) is 0.481. The second-order valence-corrected chi connectivity index (χ2v) is 22.6. The van der Waals surface area contributed by atoms with Gasteiger partial charge >= 0.3 is 0 Å². The predicted molar refractivity (Wildman–Crippen MR) is 150 cm³/mol. The molecule has 0 aliphatic carbocycles. The summed E-state index contributed by atoms with van der Waals surface area (Å²) in [4.78, 5) is 0. The number of rotatable bonds is 7. The highest BCUT2D eigenvalue weighted by atomic mass is 32.2. The minimum atomic E-state index is -2.68. The Morgan fingerprint density at radius 1 is 0.879 bits per heavy atom. The fourth-order valence-electron chi connectivity index (χ4n) is 3.68. The topological polar surface area (TPSA) is 38.3 Å². The Morgan fingerprint density at radius 2 is 1.33 bits per heavy atom. The van der Waals surface area contributed by atoms with E-state index < -0.39 is 27.4 Å². The van der Waals surface area contributed by atoms with Crippen molar-refractivity contribution in [2.24, 2.45) is 0 Å². The lowest BCUT2D eigenvalue weighted by atomic mass is 10.2. The Hall–Kier alpha value is -1.50. The molecule has 0 heterocycles. The largest absolute Gasteiger partial charge is 0.405 e. The number of hydrogen-bond acceptors (Lipinski definition) is 2. The van der Waals surface area contributed by atoms with Gasteiger partial charge in [-0.25, -0.2) is 8.93 Å². The molecule has 3 nitrogen and oxygen atoms in total. The van der Waals surface area contributed by atoms with Crippen molar-refractivity contribution in [3.63, 3.8) is 0 Å². The van der Waals surface area contributed by atoms with Gasteiger partial charge in [0.15, 0.2) is 0 Å². The summed E-state index contributed by atoms with van der Waals surface area (Å²) in [6.07, 6.45) is 0. The van der Waals surface area contributed by atoms with Crippen LogP contribution < -0.4 is 15.1 Å². The average Bonchev–Trinajstić information content (AvgIpc) is 2.71. The summed E-state index contributed by atoms with van der Waals surface area (Å²) in [7, 11) is -5.52. The number of nitrogens with one attached hydrogen (secondary N) is 1. The monoisotopic (exact) mass is 499 g/mol. The second-order valence-electron chi connectivity index (χ2n) is 11.5. The lowest BCUT2D eigenvalue weighted by Crippen LogP contribution is -2.67. The third-order valence-electron chi connectivity index (χ3n) is 5.31. The first-order valence-corrected chi connectivity index (χ1v) is 18.2. The first kappa shape index (κ1) is 27.7. The van der Waals surface area contributed by atoms with Crippen LogP contribution in [0.15, 0.2) is 60.7 Å². The fourth-order valence-corrected chi connectivity index (χ4v) is 9.60. The van der Waals surface area contributed by atoms with Gasteiger partial charge in [0.25, 0.3) is 8.32 Å². The van der Waals surface area contributed by atoms with E-state index in [-0.39, 0.29) is 15.8 Å². The van der Waals surface area contributed by atoms with E-state index >= 15 is 0 Å². The van der Waals surface area contributed by atoms with E-state index in [0.29, 0.717) is 6.61 Å². The lowest BCUT2D eigenvalue weighted by molar-refractivity contribution is 0.285. The van der Waals surface area contributed by atoms with Gasteiger partial charge in [-0.05, 0) is 36.2 Å². The molecule has 0 saturated carbocycles. The summed E-state index contributed by atoms with van der Waals surface area (Å²) in [6.45, 7) is 19.8. The van der Waals surface area contributed by atoms with Gasteiger partial charge in [-0.15, -0.1) is 5.54 Å². The highest BCUT2D eigenvalue weighted by molar-refractivity contribution is 7.84. The van der Waals surface area contributed by atoms with Crippen molar-refractivity contribution >= 4 is 37.8 Å². The van der Waals surface area contributed by atoms with Crippen molar-refractivity contribution in [2.45, 2.75) is 77.0 Å². The molecular formula is C27H41NO2SSi2. The van der Waals surface area contributed by atoms with Gasteiger partial charge in [0.1, 0.15) is 14.1 Å². The Kier molecular flexibility index (Phi) is 9.11. The zero-order valence-corrected chi connectivity index (χ0v) is 24.6. The van der Waals surface area contributed by atoms with Crippen LogP contribution in [-0.4, -0.2) is 38.0 Å². The first-order valence-electron chi connectivity index (χ1n) is 11.6. The molecule has 0 unspecified atom stereocenters. The molecule has 2 rings (SSSR count). The maximum Gasteiger partial charge on any atom is 0.261 e. The maximum absolute atomic E-state index is 13.0. The van der Waals surface area contributed by atoms with Crippen LogP contribution >= 0.6 is 0 Å². The lowest BCUT2D eigenvalue weighted by Gasteiger charge is -2.43. The highest BCUT2D eigenvalue weighted by Crippen LogP contribution is 2.36. The highest BCUT2D eigenvalue weighted by Gasteiger charge is 2.50. The Morgan fingerprint density at radius 3 is 1.70 bits per heavy atom. The Balaban J connectivity index is 2.55. The summed E-state index contributed by atoms with van der Waals surface area (Å²) >= 11 is 0. The smallest absolute Gasteiger partial charge is 0.261 e. The normalized spacial score (nSPS) is 14.8. The molecule has 2 aromatic carbocycles. The van der Waals surface area contributed by atoms with Crippen LogP contribution in [0.3, 0.4) is 0 Å². The van der Waals surface area contributed by atoms with E-state index in [1.807, 2.05) is 32.9 Å². The minimum Gasteiger partial charge on any atom is -0.405 e. The van der Waals surface area contributed by atoms with Crippen molar-refractivity contribution in [3.05, 3.63) is 60.7 Å². The summed E-state index contributed by atoms with van der Waals surface area (Å²) in [5.74, 6) is 3.39. The van der Waals surface area contributed by atoms with Crippen molar-refractivity contribution in [1.29, 1.82) is 0 Å². The van der Waals surface area contributed by atoms with Crippen molar-refractivity contribution in [2.75, 3.05) is 6.61 Å². The van der Waals surface area contributed by atoms with Crippen molar-refractivity contribution in [1.82, 2.24) is 4.72 Å². The quantitative estimate of drug-likeness (QED) is 0.436. The molecule has 0 spiro atoms. The molecule has 0 aromatic heterocycles. The molecule has 0 amide bonds. The number of benzene rings is 2. The molecule has 33 heavy (non-hydrogen) atoms. The molecule has 1 N–H and O–H groups in total. The minimum absolute atomic E-state index is 0.115. The van der Waals surface area contributed by atoms with Crippen LogP contribution in [0, 0.1) is 11.5 Å². The third-order valence-corrected chi connectivity index (χ3v) is 12.8. The van der Waals surface area contributed by atoms with E-state index in [4.69, 9.17) is 4.43 Å². The van der Waals surface area contributed by atoms with Crippen LogP contribution in [0.4, 0.5) is 0 Å². The predicted octanol–water partition coefficient (Wildman–Crippen LogP) is 4.86. The first-order chi connectivity index (χ1) is 15.2. The van der Waals surface area contributed by atoms with Crippen LogP contribution in [0.25, 0.3) is 0 Å². The van der Waals surface area contributed by atoms with Gasteiger partial charge in [0.2, 0.25) is 0 Å². The third kappa shape index (κ3) is 7.49. The molecule has 0 saturated heterocycles. The van der Waals surface area contributed by atoms with Crippen LogP contribution in [0.2, 0.25) is 24.7 Å². The van der Waals surface area contributed by atoms with Crippen molar-refractivity contribution in [3.8, 4) is 11.5 Å². The molecule has 2 aromatic rings. The summed E-state index contributed by atoms with van der Waals surface area (Å²) in [5.41, 5.74) is 3.46. The summed E-state index contributed by atoms with van der Waals surface area (Å²) in [5, 5.41) is 2.35. The molecular weight excluding hydrogens is 459 g/mol. The molecule has 2 atom stereocenters. The zero-order chi connectivity index (χ0) is 24.9. The van der Waals surface area contributed by atoms with E-state index in [9.17, 15) is 4.21 Å². The molecule has 0 fully saturated rings. The molecule has 0 bridgehead atoms. The Labute approximate surface area is 206 Å². The van der Waals surface area contributed by atoms with Gasteiger partial charge in [0, 0.05) is 0 Å². The van der Waals surface area contributed by atoms with Gasteiger partial charge in [-0.3, -0.25) is 0 Å². The average molecular weight is 500 g/mol. The van der Waals surface area contributed by atoms with Crippen LogP contribution in [0.1, 0.15) is 41.5 Å². The zero-order valence-electron chi connectivity index (χ0n) is 21.8. The summed E-state index contributed by atoms with van der Waals surface area (Å²) in [6, 6.07) is 20.9. The van der Waals surface area contributed by atoms with Gasteiger partial charge in [0.05, 0.1) is 22.3 Å². The van der Waals surface area contributed by atoms with Gasteiger partial charge in [-0.1, -0.05) is 107 Å². The molecule has 0 aliphatic heterocycles. The molecule has 6 heteroatoms. The number of hydrogen-bond donors (Lipinski definition) is 1. The van der Waals surface area contributed by atoms with E-state index in [0.717, 1.165) is 0 Å². The second kappa shape index (κ2) is 10.8. The van der Waals surface area contributed by atoms with Crippen LogP contribution in [-0.2, 0) is 15.4 Å². The SMILES string of the molecule is CC(C)(C)[S@@](=O)N[C@@H](C#C[Si](C)(C)C)CO[Si](c1ccccc1)(c1ccccc1)C(C)(C)C. The molecule has 0 radical (unpaired) electrons. The van der Waals surface area contributed by atoms with E-state index in [2.05, 4.69) is 105 Å². The molecule has 180 valence electrons.